The first-order valence-corrected chi connectivity index (χ1v) is 6.67. The van der Waals surface area contributed by atoms with E-state index in [9.17, 15) is 9.90 Å². The molecule has 2 aliphatic carbocycles. The molecule has 3 rings (SSSR count). The van der Waals surface area contributed by atoms with E-state index < -0.39 is 11.2 Å². The number of allylic oxidation sites excluding steroid dienone is 1. The largest absolute Gasteiger partial charge is 0.451 e. The van der Waals surface area contributed by atoms with Gasteiger partial charge in [0.2, 0.25) is 0 Å². The summed E-state index contributed by atoms with van der Waals surface area (Å²) in [6, 6.07) is 0. The maximum atomic E-state index is 11.7. The van der Waals surface area contributed by atoms with Crippen LogP contribution in [0.15, 0.2) is 23.3 Å². The van der Waals surface area contributed by atoms with Crippen molar-refractivity contribution in [3.63, 3.8) is 0 Å². The molecular formula is C15H20O3. The number of fused-ring (bicyclic) bond motifs is 2. The monoisotopic (exact) mass is 248 g/mol. The molecule has 3 nitrogen and oxygen atoms in total. The van der Waals surface area contributed by atoms with Gasteiger partial charge in [-0.3, -0.25) is 0 Å². The van der Waals surface area contributed by atoms with E-state index in [-0.39, 0.29) is 11.9 Å². The Balaban J connectivity index is 2.09. The molecule has 98 valence electrons. The Bertz CT molecular complexity index is 472. The van der Waals surface area contributed by atoms with Gasteiger partial charge in [0.1, 0.15) is 5.60 Å². The number of hydrogen-bond acceptors (Lipinski definition) is 3. The SMILES string of the molecule is CC1=C[C@@]2(CC=C(C)[C@H]3CC[C@@](C)(O)[C@@H]32)OC1=O. The van der Waals surface area contributed by atoms with Crippen LogP contribution in [-0.2, 0) is 9.53 Å². The predicted molar refractivity (Wildman–Crippen MR) is 67.8 cm³/mol. The first-order valence-electron chi connectivity index (χ1n) is 6.67. The Morgan fingerprint density at radius 3 is 2.78 bits per heavy atom. The smallest absolute Gasteiger partial charge is 0.334 e. The van der Waals surface area contributed by atoms with Crippen molar-refractivity contribution in [3.8, 4) is 0 Å². The third-order valence-electron chi connectivity index (χ3n) is 4.95. The molecule has 1 N–H and O–H groups in total. The Morgan fingerprint density at radius 1 is 1.44 bits per heavy atom. The average molecular weight is 248 g/mol. The maximum absolute atomic E-state index is 11.7. The van der Waals surface area contributed by atoms with Crippen LogP contribution in [0.5, 0.6) is 0 Å². The molecule has 3 aliphatic rings. The van der Waals surface area contributed by atoms with Gasteiger partial charge in [-0.05, 0) is 45.6 Å². The summed E-state index contributed by atoms with van der Waals surface area (Å²) in [6.45, 7) is 5.80. The van der Waals surface area contributed by atoms with Gasteiger partial charge in [0.05, 0.1) is 5.60 Å². The molecule has 0 unspecified atom stereocenters. The number of ether oxygens (including phenoxy) is 1. The molecule has 3 heteroatoms. The van der Waals surface area contributed by atoms with Crippen molar-refractivity contribution < 1.29 is 14.6 Å². The number of esters is 1. The normalized spacial score (nSPS) is 46.8. The maximum Gasteiger partial charge on any atom is 0.334 e. The van der Waals surface area contributed by atoms with Crippen LogP contribution in [0, 0.1) is 11.8 Å². The average Bonchev–Trinajstić information content (AvgIpc) is 2.74. The zero-order valence-corrected chi connectivity index (χ0v) is 11.2. The minimum Gasteiger partial charge on any atom is -0.451 e. The van der Waals surface area contributed by atoms with E-state index in [0.29, 0.717) is 17.9 Å². The third kappa shape index (κ3) is 1.43. The summed E-state index contributed by atoms with van der Waals surface area (Å²) in [6.07, 6.45) is 6.56. The summed E-state index contributed by atoms with van der Waals surface area (Å²) in [5.41, 5.74) is 0.647. The summed E-state index contributed by atoms with van der Waals surface area (Å²) in [4.78, 5) is 11.7. The summed E-state index contributed by atoms with van der Waals surface area (Å²) in [7, 11) is 0. The van der Waals surface area contributed by atoms with Gasteiger partial charge in [0.25, 0.3) is 0 Å². The minimum absolute atomic E-state index is 0.00333. The van der Waals surface area contributed by atoms with Crippen molar-refractivity contribution in [2.24, 2.45) is 11.8 Å². The molecule has 1 saturated carbocycles. The summed E-state index contributed by atoms with van der Waals surface area (Å²) >= 11 is 0. The van der Waals surface area contributed by atoms with Gasteiger partial charge < -0.3 is 9.84 Å². The first-order chi connectivity index (χ1) is 8.36. The van der Waals surface area contributed by atoms with E-state index in [1.807, 2.05) is 13.0 Å². The second kappa shape index (κ2) is 3.47. The van der Waals surface area contributed by atoms with Crippen LogP contribution in [0.25, 0.3) is 0 Å². The Labute approximate surface area is 108 Å². The van der Waals surface area contributed by atoms with Crippen LogP contribution in [0.2, 0.25) is 0 Å². The molecule has 0 bridgehead atoms. The number of aliphatic hydroxyl groups is 1. The van der Waals surface area contributed by atoms with Gasteiger partial charge in [-0.25, -0.2) is 4.79 Å². The minimum atomic E-state index is -0.748. The molecule has 1 heterocycles. The van der Waals surface area contributed by atoms with Crippen molar-refractivity contribution in [2.45, 2.75) is 51.2 Å². The van der Waals surface area contributed by atoms with Crippen LogP contribution in [-0.4, -0.2) is 22.3 Å². The fourth-order valence-corrected chi connectivity index (χ4v) is 4.12. The van der Waals surface area contributed by atoms with E-state index in [1.54, 1.807) is 6.92 Å². The zero-order chi connectivity index (χ0) is 13.1. The molecule has 0 aromatic heterocycles. The van der Waals surface area contributed by atoms with Gasteiger partial charge >= 0.3 is 5.97 Å². The Hall–Kier alpha value is -1.09. The Morgan fingerprint density at radius 2 is 2.17 bits per heavy atom. The highest BCUT2D eigenvalue weighted by Crippen LogP contribution is 2.56. The third-order valence-corrected chi connectivity index (χ3v) is 4.95. The van der Waals surface area contributed by atoms with Crippen molar-refractivity contribution >= 4 is 5.97 Å². The number of rotatable bonds is 0. The molecule has 0 saturated heterocycles. The fourth-order valence-electron chi connectivity index (χ4n) is 4.12. The molecule has 1 aliphatic heterocycles. The molecule has 0 amide bonds. The van der Waals surface area contributed by atoms with E-state index in [4.69, 9.17) is 4.74 Å². The molecule has 0 aromatic carbocycles. The Kier molecular flexibility index (Phi) is 2.31. The fraction of sp³-hybridized carbons (Fsp3) is 0.667. The van der Waals surface area contributed by atoms with Crippen LogP contribution in [0.4, 0.5) is 0 Å². The highest BCUT2D eigenvalue weighted by molar-refractivity contribution is 5.91. The number of carbonyl (C=O) groups excluding carboxylic acids is 1. The predicted octanol–water partition coefficient (Wildman–Crippen LogP) is 2.36. The lowest BCUT2D eigenvalue weighted by Gasteiger charge is -2.44. The van der Waals surface area contributed by atoms with Crippen LogP contribution in [0.1, 0.15) is 40.0 Å². The zero-order valence-electron chi connectivity index (χ0n) is 11.2. The summed E-state index contributed by atoms with van der Waals surface area (Å²) in [5, 5.41) is 10.7. The summed E-state index contributed by atoms with van der Waals surface area (Å²) < 4.78 is 5.66. The first kappa shape index (κ1) is 12.0. The second-order valence-corrected chi connectivity index (χ2v) is 6.30. The van der Waals surface area contributed by atoms with Gasteiger partial charge in [0, 0.05) is 17.9 Å². The molecule has 0 radical (unpaired) electrons. The molecule has 0 aromatic rings. The van der Waals surface area contributed by atoms with E-state index in [0.717, 1.165) is 12.8 Å². The highest BCUT2D eigenvalue weighted by atomic mass is 16.6. The highest BCUT2D eigenvalue weighted by Gasteiger charge is 2.59. The van der Waals surface area contributed by atoms with Crippen molar-refractivity contribution in [3.05, 3.63) is 23.3 Å². The molecule has 1 spiro atoms. The molecule has 18 heavy (non-hydrogen) atoms. The second-order valence-electron chi connectivity index (χ2n) is 6.30. The lowest BCUT2D eigenvalue weighted by Crippen LogP contribution is -2.51. The quantitative estimate of drug-likeness (QED) is 0.529. The lowest BCUT2D eigenvalue weighted by atomic mass is 9.67. The van der Waals surface area contributed by atoms with Crippen LogP contribution >= 0.6 is 0 Å². The topological polar surface area (TPSA) is 46.5 Å². The summed E-state index contributed by atoms with van der Waals surface area (Å²) in [5.74, 6) is 0.101. The van der Waals surface area contributed by atoms with Gasteiger partial charge in [-0.2, -0.15) is 0 Å². The molecular weight excluding hydrogens is 228 g/mol. The molecule has 4 atom stereocenters. The van der Waals surface area contributed by atoms with Crippen LogP contribution < -0.4 is 0 Å². The van der Waals surface area contributed by atoms with Gasteiger partial charge in [-0.15, -0.1) is 0 Å². The lowest BCUT2D eigenvalue weighted by molar-refractivity contribution is -0.160. The van der Waals surface area contributed by atoms with E-state index >= 15 is 0 Å². The number of carbonyl (C=O) groups is 1. The van der Waals surface area contributed by atoms with E-state index in [2.05, 4.69) is 13.0 Å². The van der Waals surface area contributed by atoms with E-state index in [1.165, 1.54) is 5.57 Å². The standard InChI is InChI=1S/C15H20O3/c1-9-4-7-15(8-10(2)13(16)18-15)12-11(9)5-6-14(12,3)17/h4,8,11-12,17H,5-7H2,1-3H3/t11-,12-,14-,15-/m1/s1. The van der Waals surface area contributed by atoms with Crippen molar-refractivity contribution in [2.75, 3.05) is 0 Å². The number of hydrogen-bond donors (Lipinski definition) is 1. The van der Waals surface area contributed by atoms with Gasteiger partial charge in [-0.1, -0.05) is 11.6 Å². The molecule has 1 fully saturated rings. The van der Waals surface area contributed by atoms with Gasteiger partial charge in [0.15, 0.2) is 0 Å². The van der Waals surface area contributed by atoms with Crippen LogP contribution in [0.3, 0.4) is 0 Å². The van der Waals surface area contributed by atoms with Crippen molar-refractivity contribution in [1.82, 2.24) is 0 Å². The van der Waals surface area contributed by atoms with Crippen molar-refractivity contribution in [1.29, 1.82) is 0 Å².